The summed E-state index contributed by atoms with van der Waals surface area (Å²) in [7, 11) is -4.44. The number of rotatable bonds is 10. The van der Waals surface area contributed by atoms with E-state index in [4.69, 9.17) is 28.4 Å². The Labute approximate surface area is 390 Å². The molecular formula is C58H56O6P2+2. The molecule has 0 amide bonds. The van der Waals surface area contributed by atoms with Gasteiger partial charge in [0.15, 0.2) is 23.0 Å². The van der Waals surface area contributed by atoms with Crippen molar-refractivity contribution in [2.24, 2.45) is 0 Å². The van der Waals surface area contributed by atoms with Crippen LogP contribution in [0.15, 0.2) is 218 Å². The number of hydrogen-bond acceptors (Lipinski definition) is 6. The lowest BCUT2D eigenvalue weighted by molar-refractivity contribution is 0.0640. The van der Waals surface area contributed by atoms with Gasteiger partial charge in [0.05, 0.1) is 38.8 Å². The van der Waals surface area contributed by atoms with E-state index in [0.717, 1.165) is 12.3 Å². The van der Waals surface area contributed by atoms with Gasteiger partial charge in [0.2, 0.25) is 0 Å². The van der Waals surface area contributed by atoms with E-state index in [-0.39, 0.29) is 0 Å². The van der Waals surface area contributed by atoms with Crippen LogP contribution in [0.1, 0.15) is 11.1 Å². The zero-order valence-corrected chi connectivity index (χ0v) is 39.0. The molecule has 0 saturated heterocycles. The Bertz CT molecular complexity index is 2440. The molecule has 0 N–H and O–H groups in total. The van der Waals surface area contributed by atoms with Gasteiger partial charge in [-0.2, -0.15) is 0 Å². The highest BCUT2D eigenvalue weighted by Gasteiger charge is 2.47. The summed E-state index contributed by atoms with van der Waals surface area (Å²) in [6.07, 6.45) is 1.72. The molecule has 1 heterocycles. The maximum atomic E-state index is 6.58. The van der Waals surface area contributed by atoms with Crippen molar-refractivity contribution >= 4 is 46.4 Å². The first-order valence-electron chi connectivity index (χ1n) is 22.7. The van der Waals surface area contributed by atoms with Crippen molar-refractivity contribution < 1.29 is 28.4 Å². The smallest absolute Gasteiger partial charge is 0.165 e. The first-order valence-corrected chi connectivity index (χ1v) is 26.7. The van der Waals surface area contributed by atoms with Crippen molar-refractivity contribution in [3.63, 3.8) is 0 Å². The van der Waals surface area contributed by atoms with Crippen molar-refractivity contribution in [3.05, 3.63) is 230 Å². The molecule has 8 aromatic rings. The van der Waals surface area contributed by atoms with E-state index in [9.17, 15) is 0 Å². The normalized spacial score (nSPS) is 14.1. The van der Waals surface area contributed by atoms with Crippen LogP contribution >= 0.6 is 14.5 Å². The summed E-state index contributed by atoms with van der Waals surface area (Å²) in [6, 6.07) is 78.2. The van der Waals surface area contributed by atoms with Gasteiger partial charge in [-0.15, -0.1) is 0 Å². The molecule has 0 atom stereocenters. The number of benzene rings is 8. The van der Waals surface area contributed by atoms with Gasteiger partial charge in [0.25, 0.3) is 0 Å². The third kappa shape index (κ3) is 10.4. The van der Waals surface area contributed by atoms with E-state index in [0.29, 0.717) is 75.9 Å². The van der Waals surface area contributed by atoms with Gasteiger partial charge < -0.3 is 28.4 Å². The molecule has 0 unspecified atom stereocenters. The van der Waals surface area contributed by atoms with Crippen molar-refractivity contribution in [2.75, 3.05) is 52.9 Å². The zero-order valence-electron chi connectivity index (χ0n) is 37.2. The van der Waals surface area contributed by atoms with E-state index in [1.807, 2.05) is 0 Å². The zero-order chi connectivity index (χ0) is 44.7. The van der Waals surface area contributed by atoms with Gasteiger partial charge in [-0.3, -0.25) is 0 Å². The fourth-order valence-electron chi connectivity index (χ4n) is 8.87. The monoisotopic (exact) mass is 910 g/mol. The molecule has 66 heavy (non-hydrogen) atoms. The molecule has 1 aliphatic heterocycles. The van der Waals surface area contributed by atoms with Crippen LogP contribution in [-0.4, -0.2) is 52.9 Å². The highest BCUT2D eigenvalue weighted by molar-refractivity contribution is 7.95. The van der Waals surface area contributed by atoms with Crippen molar-refractivity contribution in [1.29, 1.82) is 0 Å². The summed E-state index contributed by atoms with van der Waals surface area (Å²) >= 11 is 0. The minimum atomic E-state index is -2.22. The number of ether oxygens (including phenoxy) is 6. The van der Waals surface area contributed by atoms with E-state index < -0.39 is 14.5 Å². The fraction of sp³-hybridized carbons (Fsp3) is 0.172. The largest absolute Gasteiger partial charge is 0.487 e. The quantitative estimate of drug-likeness (QED) is 0.128. The minimum absolute atomic E-state index is 0.340. The molecule has 0 fully saturated rings. The first-order chi connectivity index (χ1) is 32.7. The van der Waals surface area contributed by atoms with Gasteiger partial charge in [-0.1, -0.05) is 133 Å². The summed E-state index contributed by atoms with van der Waals surface area (Å²) in [6.45, 7) is 2.88. The molecule has 0 saturated carbocycles. The lowest BCUT2D eigenvalue weighted by Crippen LogP contribution is -2.32. The molecule has 1 aliphatic rings. The molecule has 8 heteroatoms. The summed E-state index contributed by atoms with van der Waals surface area (Å²) < 4.78 is 38.3. The third-order valence-electron chi connectivity index (χ3n) is 12.0. The van der Waals surface area contributed by atoms with Gasteiger partial charge in [-0.25, -0.2) is 0 Å². The fourth-order valence-corrected chi connectivity index (χ4v) is 17.3. The maximum absolute atomic E-state index is 6.58. The Kier molecular flexibility index (Phi) is 15.2. The van der Waals surface area contributed by atoms with Crippen molar-refractivity contribution in [1.82, 2.24) is 0 Å². The van der Waals surface area contributed by atoms with Crippen LogP contribution < -0.4 is 50.8 Å². The third-order valence-corrected chi connectivity index (χ3v) is 20.7. The number of fused-ring (bicyclic) bond motifs is 2. The maximum Gasteiger partial charge on any atom is 0.165 e. The van der Waals surface area contributed by atoms with Crippen LogP contribution in [0.5, 0.6) is 23.0 Å². The van der Waals surface area contributed by atoms with Crippen molar-refractivity contribution in [3.8, 4) is 23.0 Å². The molecular weight excluding hydrogens is 855 g/mol. The standard InChI is InChI=1S/C58H56O6P2/c1-7-19-47(20-8-1)45-65(49-23-11-3-12-24-49,50-25-13-4-14-26-50)53-31-33-55-57(43-53)63-41-37-59-36-40-62-56-34-32-54(44-58(56)64-42-38-60-35-39-61-55)66(51-27-15-5-16-28-51,52-29-17-6-18-30-52)46-48-21-9-2-10-22-48/h1-34,43-44H,35-42,45-46H2/q+2. The van der Waals surface area contributed by atoms with Crippen LogP contribution in [0.2, 0.25) is 0 Å². The Morgan fingerprint density at radius 2 is 0.530 bits per heavy atom. The lowest BCUT2D eigenvalue weighted by Gasteiger charge is -2.28. The molecule has 0 radical (unpaired) electrons. The van der Waals surface area contributed by atoms with E-state index in [2.05, 4.69) is 218 Å². The van der Waals surface area contributed by atoms with E-state index in [1.54, 1.807) is 0 Å². The Balaban J connectivity index is 0.973. The predicted octanol–water partition coefficient (Wildman–Crippen LogP) is 9.94. The van der Waals surface area contributed by atoms with Crippen LogP contribution in [0.4, 0.5) is 0 Å². The second kappa shape index (κ2) is 22.3. The topological polar surface area (TPSA) is 55.4 Å². The molecule has 6 nitrogen and oxygen atoms in total. The molecule has 332 valence electrons. The summed E-state index contributed by atoms with van der Waals surface area (Å²) in [4.78, 5) is 0. The van der Waals surface area contributed by atoms with Crippen LogP contribution in [0.3, 0.4) is 0 Å². The highest BCUT2D eigenvalue weighted by Crippen LogP contribution is 2.60. The van der Waals surface area contributed by atoms with Crippen molar-refractivity contribution in [2.45, 2.75) is 12.3 Å². The second-order valence-electron chi connectivity index (χ2n) is 16.1. The average Bonchev–Trinajstić information content (AvgIpc) is 3.38. The van der Waals surface area contributed by atoms with Gasteiger partial charge >= 0.3 is 0 Å². The number of hydrogen-bond donors (Lipinski definition) is 0. The molecule has 0 spiro atoms. The molecule has 0 bridgehead atoms. The first kappa shape index (κ1) is 44.9. The second-order valence-corrected chi connectivity index (χ2v) is 23.1. The summed E-state index contributed by atoms with van der Waals surface area (Å²) in [5, 5.41) is 7.64. The minimum Gasteiger partial charge on any atom is -0.487 e. The van der Waals surface area contributed by atoms with Crippen LogP contribution in [0.25, 0.3) is 0 Å². The van der Waals surface area contributed by atoms with Crippen LogP contribution in [-0.2, 0) is 21.8 Å². The molecule has 8 aromatic carbocycles. The van der Waals surface area contributed by atoms with Crippen LogP contribution in [0, 0.1) is 0 Å². The summed E-state index contributed by atoms with van der Waals surface area (Å²) in [5.74, 6) is 2.70. The lowest BCUT2D eigenvalue weighted by atomic mass is 10.2. The van der Waals surface area contributed by atoms with E-state index >= 15 is 0 Å². The Morgan fingerprint density at radius 3 is 0.833 bits per heavy atom. The van der Waals surface area contributed by atoms with Gasteiger partial charge in [0, 0.05) is 12.1 Å². The molecule has 9 rings (SSSR count). The highest BCUT2D eigenvalue weighted by atomic mass is 31.2. The Hall–Kier alpha value is -6.26. The SMILES string of the molecule is c1ccc(C[P+](c2ccccc2)(c2ccccc2)c2ccc3c(c2)OCCOCCOc2ccc([P+](Cc4ccccc4)(c4ccccc4)c4ccccc4)cc2OCCOCCO3)cc1. The van der Waals surface area contributed by atoms with E-state index in [1.165, 1.54) is 43.0 Å². The predicted molar refractivity (Wildman–Crippen MR) is 274 cm³/mol. The van der Waals surface area contributed by atoms with Gasteiger partial charge in [-0.05, 0) is 83.9 Å². The molecule has 0 aromatic heterocycles. The Morgan fingerprint density at radius 1 is 0.258 bits per heavy atom. The summed E-state index contributed by atoms with van der Waals surface area (Å²) in [5.41, 5.74) is 2.57. The van der Waals surface area contributed by atoms with Gasteiger partial charge in [0.1, 0.15) is 72.8 Å². The molecule has 0 aliphatic carbocycles. The average molecular weight is 911 g/mol.